The quantitative estimate of drug-likeness (QED) is 0.520. The molecule has 10 heavy (non-hydrogen) atoms. The van der Waals surface area contributed by atoms with Gasteiger partial charge in [0.25, 0.3) is 0 Å². The van der Waals surface area contributed by atoms with Gasteiger partial charge in [0.05, 0.1) is 0 Å². The standard InChI is InChI=1S/C10H18/c1-4-7-8-9-10(5-2)6-3/h4,7,9H,5-6,8H2,1-3H3. The molecule has 0 fully saturated rings. The summed E-state index contributed by atoms with van der Waals surface area (Å²) in [7, 11) is 0. The monoisotopic (exact) mass is 138 g/mol. The third-order valence-corrected chi connectivity index (χ3v) is 1.69. The van der Waals surface area contributed by atoms with E-state index in [4.69, 9.17) is 0 Å². The van der Waals surface area contributed by atoms with Crippen LogP contribution in [0.3, 0.4) is 0 Å². The van der Waals surface area contributed by atoms with Crippen molar-refractivity contribution < 1.29 is 0 Å². The van der Waals surface area contributed by atoms with Crippen molar-refractivity contribution in [2.24, 2.45) is 0 Å². The summed E-state index contributed by atoms with van der Waals surface area (Å²) in [6, 6.07) is 0. The average Bonchev–Trinajstić information content (AvgIpc) is 1.99. The van der Waals surface area contributed by atoms with Gasteiger partial charge < -0.3 is 0 Å². The van der Waals surface area contributed by atoms with Crippen LogP contribution in [0.15, 0.2) is 23.8 Å². The predicted molar refractivity (Wildman–Crippen MR) is 48.1 cm³/mol. The lowest BCUT2D eigenvalue weighted by atomic mass is 10.1. The molecule has 0 heterocycles. The lowest BCUT2D eigenvalue weighted by Gasteiger charge is -1.96. The van der Waals surface area contributed by atoms with Crippen molar-refractivity contribution in [2.45, 2.75) is 40.0 Å². The summed E-state index contributed by atoms with van der Waals surface area (Å²) < 4.78 is 0. The molecule has 0 atom stereocenters. The third-order valence-electron chi connectivity index (χ3n) is 1.69. The SMILES string of the molecule is CC=CCC=C(CC)CC. The highest BCUT2D eigenvalue weighted by atomic mass is 13.9. The normalized spacial score (nSPS) is 10.3. The maximum atomic E-state index is 2.32. The molecule has 0 aromatic carbocycles. The summed E-state index contributed by atoms with van der Waals surface area (Å²) in [4.78, 5) is 0. The van der Waals surface area contributed by atoms with Crippen LogP contribution in [0.1, 0.15) is 40.0 Å². The van der Waals surface area contributed by atoms with E-state index in [2.05, 4.69) is 39.0 Å². The first-order chi connectivity index (χ1) is 4.85. The van der Waals surface area contributed by atoms with E-state index >= 15 is 0 Å². The minimum absolute atomic E-state index is 1.10. The first-order valence-corrected chi connectivity index (χ1v) is 4.14. The van der Waals surface area contributed by atoms with Crippen molar-refractivity contribution in [3.05, 3.63) is 23.8 Å². The molecule has 0 unspecified atom stereocenters. The summed E-state index contributed by atoms with van der Waals surface area (Å²) in [6.07, 6.45) is 10.1. The first kappa shape index (κ1) is 9.48. The van der Waals surface area contributed by atoms with Gasteiger partial charge in [-0.3, -0.25) is 0 Å². The lowest BCUT2D eigenvalue weighted by molar-refractivity contribution is 0.964. The molecule has 0 spiro atoms. The maximum Gasteiger partial charge on any atom is -0.0167 e. The average molecular weight is 138 g/mol. The number of hydrogen-bond donors (Lipinski definition) is 0. The van der Waals surface area contributed by atoms with Crippen LogP contribution in [0.5, 0.6) is 0 Å². The number of allylic oxidation sites excluding steroid dienone is 4. The van der Waals surface area contributed by atoms with E-state index in [1.165, 1.54) is 12.8 Å². The van der Waals surface area contributed by atoms with Gasteiger partial charge in [-0.1, -0.05) is 37.6 Å². The minimum atomic E-state index is 1.10. The van der Waals surface area contributed by atoms with Gasteiger partial charge in [0.1, 0.15) is 0 Å². The molecule has 58 valence electrons. The van der Waals surface area contributed by atoms with E-state index in [1.54, 1.807) is 5.57 Å². The fraction of sp³-hybridized carbons (Fsp3) is 0.600. The molecule has 0 aliphatic rings. The van der Waals surface area contributed by atoms with Crippen LogP contribution in [-0.4, -0.2) is 0 Å². The van der Waals surface area contributed by atoms with Crippen LogP contribution in [0.25, 0.3) is 0 Å². The molecule has 0 radical (unpaired) electrons. The summed E-state index contributed by atoms with van der Waals surface area (Å²) in [5.74, 6) is 0. The van der Waals surface area contributed by atoms with Crippen molar-refractivity contribution >= 4 is 0 Å². The second kappa shape index (κ2) is 6.60. The molecule has 0 amide bonds. The van der Waals surface area contributed by atoms with Crippen LogP contribution < -0.4 is 0 Å². The number of rotatable bonds is 4. The molecule has 0 aromatic rings. The van der Waals surface area contributed by atoms with Gasteiger partial charge >= 0.3 is 0 Å². The molecule has 0 saturated heterocycles. The van der Waals surface area contributed by atoms with E-state index in [0.717, 1.165) is 6.42 Å². The molecular formula is C10H18. The van der Waals surface area contributed by atoms with E-state index in [0.29, 0.717) is 0 Å². The molecule has 0 N–H and O–H groups in total. The molecular weight excluding hydrogens is 120 g/mol. The molecule has 0 aromatic heterocycles. The maximum absolute atomic E-state index is 2.32. The Kier molecular flexibility index (Phi) is 6.25. The van der Waals surface area contributed by atoms with Gasteiger partial charge in [-0.25, -0.2) is 0 Å². The molecule has 0 rings (SSSR count). The van der Waals surface area contributed by atoms with Gasteiger partial charge in [-0.05, 0) is 26.2 Å². The highest BCUT2D eigenvalue weighted by Crippen LogP contribution is 2.06. The predicted octanol–water partition coefficient (Wildman–Crippen LogP) is 3.70. The zero-order chi connectivity index (χ0) is 7.82. The Labute approximate surface area is 64.6 Å². The molecule has 0 heteroatoms. The van der Waals surface area contributed by atoms with Gasteiger partial charge in [-0.15, -0.1) is 0 Å². The second-order valence-corrected chi connectivity index (χ2v) is 2.37. The summed E-state index contributed by atoms with van der Waals surface area (Å²) in [5.41, 5.74) is 1.57. The fourth-order valence-electron chi connectivity index (χ4n) is 0.909. The molecule has 0 nitrogen and oxygen atoms in total. The Balaban J connectivity index is 3.63. The number of hydrogen-bond acceptors (Lipinski definition) is 0. The summed E-state index contributed by atoms with van der Waals surface area (Å²) in [6.45, 7) is 6.49. The van der Waals surface area contributed by atoms with Crippen LogP contribution in [0, 0.1) is 0 Å². The van der Waals surface area contributed by atoms with Crippen molar-refractivity contribution in [1.82, 2.24) is 0 Å². The van der Waals surface area contributed by atoms with Gasteiger partial charge in [0.2, 0.25) is 0 Å². The zero-order valence-corrected chi connectivity index (χ0v) is 7.35. The Bertz CT molecular complexity index is 112. The zero-order valence-electron chi connectivity index (χ0n) is 7.35. The van der Waals surface area contributed by atoms with Crippen molar-refractivity contribution in [3.8, 4) is 0 Å². The topological polar surface area (TPSA) is 0 Å². The molecule has 0 saturated carbocycles. The van der Waals surface area contributed by atoms with Crippen LogP contribution in [0.4, 0.5) is 0 Å². The van der Waals surface area contributed by atoms with Crippen LogP contribution in [0.2, 0.25) is 0 Å². The third kappa shape index (κ3) is 4.37. The highest BCUT2D eigenvalue weighted by Gasteiger charge is 1.85. The Morgan fingerprint density at radius 3 is 2.20 bits per heavy atom. The van der Waals surface area contributed by atoms with Crippen LogP contribution in [-0.2, 0) is 0 Å². The van der Waals surface area contributed by atoms with Crippen molar-refractivity contribution in [2.75, 3.05) is 0 Å². The molecule has 0 aliphatic carbocycles. The van der Waals surface area contributed by atoms with Gasteiger partial charge in [0.15, 0.2) is 0 Å². The van der Waals surface area contributed by atoms with Crippen molar-refractivity contribution in [3.63, 3.8) is 0 Å². The Morgan fingerprint density at radius 1 is 1.20 bits per heavy atom. The highest BCUT2D eigenvalue weighted by molar-refractivity contribution is 5.03. The van der Waals surface area contributed by atoms with Crippen LogP contribution >= 0.6 is 0 Å². The van der Waals surface area contributed by atoms with E-state index in [9.17, 15) is 0 Å². The van der Waals surface area contributed by atoms with Crippen molar-refractivity contribution in [1.29, 1.82) is 0 Å². The lowest BCUT2D eigenvalue weighted by Crippen LogP contribution is -1.75. The van der Waals surface area contributed by atoms with E-state index in [-0.39, 0.29) is 0 Å². The molecule has 0 aliphatic heterocycles. The molecule has 0 bridgehead atoms. The smallest absolute Gasteiger partial charge is 0.0167 e. The Morgan fingerprint density at radius 2 is 1.80 bits per heavy atom. The summed E-state index contributed by atoms with van der Waals surface area (Å²) in [5, 5.41) is 0. The minimum Gasteiger partial charge on any atom is -0.0914 e. The van der Waals surface area contributed by atoms with E-state index in [1.807, 2.05) is 0 Å². The second-order valence-electron chi connectivity index (χ2n) is 2.37. The summed E-state index contributed by atoms with van der Waals surface area (Å²) >= 11 is 0. The Hall–Kier alpha value is -0.520. The largest absolute Gasteiger partial charge is 0.0914 e. The first-order valence-electron chi connectivity index (χ1n) is 4.14. The van der Waals surface area contributed by atoms with Gasteiger partial charge in [-0.2, -0.15) is 0 Å². The van der Waals surface area contributed by atoms with Gasteiger partial charge in [0, 0.05) is 0 Å². The fourth-order valence-corrected chi connectivity index (χ4v) is 0.909. The van der Waals surface area contributed by atoms with E-state index < -0.39 is 0 Å².